The summed E-state index contributed by atoms with van der Waals surface area (Å²) in [6, 6.07) is 18.6. The summed E-state index contributed by atoms with van der Waals surface area (Å²) in [6.07, 6.45) is 2.44. The van der Waals surface area contributed by atoms with Crippen molar-refractivity contribution in [1.82, 2.24) is 4.90 Å². The molecule has 2 fully saturated rings. The van der Waals surface area contributed by atoms with Crippen LogP contribution in [0.4, 0.5) is 11.4 Å². The number of piperazine rings is 1. The van der Waals surface area contributed by atoms with Gasteiger partial charge in [0, 0.05) is 50.6 Å². The Bertz CT molecular complexity index is 717. The highest BCUT2D eigenvalue weighted by molar-refractivity contribution is 6.00. The van der Waals surface area contributed by atoms with Gasteiger partial charge in [0.05, 0.1) is 5.56 Å². The highest BCUT2D eigenvalue weighted by atomic mass is 16.2. The van der Waals surface area contributed by atoms with Crippen LogP contribution in [0.5, 0.6) is 0 Å². The molecule has 2 aromatic carbocycles. The molecule has 0 atom stereocenters. The number of hydrogen-bond donors (Lipinski definition) is 0. The number of nitrogens with zero attached hydrogens (tertiary/aromatic N) is 3. The van der Waals surface area contributed by atoms with Crippen molar-refractivity contribution < 1.29 is 4.79 Å². The molecule has 4 heteroatoms. The molecule has 0 radical (unpaired) electrons. The van der Waals surface area contributed by atoms with Gasteiger partial charge in [0.1, 0.15) is 0 Å². The maximum atomic E-state index is 13.1. The highest BCUT2D eigenvalue weighted by Gasteiger charge is 2.25. The van der Waals surface area contributed by atoms with Gasteiger partial charge >= 0.3 is 0 Å². The molecule has 4 rings (SSSR count). The van der Waals surface area contributed by atoms with Crippen LogP contribution < -0.4 is 9.80 Å². The molecule has 0 aliphatic carbocycles. The van der Waals surface area contributed by atoms with Gasteiger partial charge in [-0.3, -0.25) is 4.79 Å². The van der Waals surface area contributed by atoms with Gasteiger partial charge in [-0.1, -0.05) is 30.3 Å². The second-order valence-electron chi connectivity index (χ2n) is 6.83. The summed E-state index contributed by atoms with van der Waals surface area (Å²) in [5.41, 5.74) is 3.21. The van der Waals surface area contributed by atoms with E-state index in [-0.39, 0.29) is 5.91 Å². The summed E-state index contributed by atoms with van der Waals surface area (Å²) in [6.45, 7) is 5.46. The molecule has 0 N–H and O–H groups in total. The van der Waals surface area contributed by atoms with Gasteiger partial charge in [-0.05, 0) is 37.1 Å². The molecule has 0 spiro atoms. The van der Waals surface area contributed by atoms with E-state index in [0.29, 0.717) is 0 Å². The van der Waals surface area contributed by atoms with Gasteiger partial charge < -0.3 is 14.7 Å². The summed E-state index contributed by atoms with van der Waals surface area (Å²) >= 11 is 0. The van der Waals surface area contributed by atoms with Gasteiger partial charge in [-0.15, -0.1) is 0 Å². The van der Waals surface area contributed by atoms with E-state index in [1.54, 1.807) is 0 Å². The number of para-hydroxylation sites is 2. The SMILES string of the molecule is O=C(c1ccccc1N1CCCC1)N1CCN(c2ccccc2)CC1. The standard InChI is InChI=1S/C21H25N3O/c25-21(19-10-4-5-11-20(19)23-12-6-7-13-23)24-16-14-22(15-17-24)18-8-2-1-3-9-18/h1-5,8-11H,6-7,12-17H2. The van der Waals surface area contributed by atoms with E-state index in [9.17, 15) is 4.79 Å². The van der Waals surface area contributed by atoms with E-state index in [4.69, 9.17) is 0 Å². The molecule has 1 amide bonds. The van der Waals surface area contributed by atoms with E-state index >= 15 is 0 Å². The lowest BCUT2D eigenvalue weighted by atomic mass is 10.1. The average Bonchev–Trinajstić information content (AvgIpc) is 3.23. The minimum atomic E-state index is 0.176. The van der Waals surface area contributed by atoms with Gasteiger partial charge in [0.15, 0.2) is 0 Å². The van der Waals surface area contributed by atoms with Crippen molar-refractivity contribution in [1.29, 1.82) is 0 Å². The molecule has 0 unspecified atom stereocenters. The van der Waals surface area contributed by atoms with Gasteiger partial charge in [-0.25, -0.2) is 0 Å². The smallest absolute Gasteiger partial charge is 0.256 e. The summed E-state index contributed by atoms with van der Waals surface area (Å²) in [7, 11) is 0. The summed E-state index contributed by atoms with van der Waals surface area (Å²) in [4.78, 5) is 19.8. The Morgan fingerprint density at radius 3 is 2.04 bits per heavy atom. The fourth-order valence-electron chi connectivity index (χ4n) is 3.87. The van der Waals surface area contributed by atoms with Crippen LogP contribution in [0.25, 0.3) is 0 Å². The predicted octanol–water partition coefficient (Wildman–Crippen LogP) is 3.25. The second kappa shape index (κ2) is 7.18. The number of carbonyl (C=O) groups excluding carboxylic acids is 1. The van der Waals surface area contributed by atoms with Crippen molar-refractivity contribution in [2.45, 2.75) is 12.8 Å². The van der Waals surface area contributed by atoms with Gasteiger partial charge in [0.25, 0.3) is 5.91 Å². The third kappa shape index (κ3) is 3.34. The topological polar surface area (TPSA) is 26.8 Å². The first-order chi connectivity index (χ1) is 12.3. The van der Waals surface area contributed by atoms with E-state index in [0.717, 1.165) is 50.5 Å². The van der Waals surface area contributed by atoms with E-state index < -0.39 is 0 Å². The molecule has 2 aromatic rings. The quantitative estimate of drug-likeness (QED) is 0.861. The molecule has 25 heavy (non-hydrogen) atoms. The van der Waals surface area contributed by atoms with Crippen LogP contribution in [0.3, 0.4) is 0 Å². The van der Waals surface area contributed by atoms with Crippen molar-refractivity contribution in [3.05, 3.63) is 60.2 Å². The fraction of sp³-hybridized carbons (Fsp3) is 0.381. The lowest BCUT2D eigenvalue weighted by Crippen LogP contribution is -2.49. The molecule has 0 bridgehead atoms. The molecule has 2 aliphatic rings. The first-order valence-electron chi connectivity index (χ1n) is 9.26. The maximum absolute atomic E-state index is 13.1. The first-order valence-corrected chi connectivity index (χ1v) is 9.26. The molecule has 4 nitrogen and oxygen atoms in total. The highest BCUT2D eigenvalue weighted by Crippen LogP contribution is 2.26. The van der Waals surface area contributed by atoms with E-state index in [1.165, 1.54) is 18.5 Å². The van der Waals surface area contributed by atoms with Gasteiger partial charge in [-0.2, -0.15) is 0 Å². The van der Waals surface area contributed by atoms with Gasteiger partial charge in [0.2, 0.25) is 0 Å². The third-order valence-corrected chi connectivity index (χ3v) is 5.27. The number of amides is 1. The number of anilines is 2. The second-order valence-corrected chi connectivity index (χ2v) is 6.83. The zero-order valence-electron chi connectivity index (χ0n) is 14.6. The van der Waals surface area contributed by atoms with Crippen molar-refractivity contribution in [3.8, 4) is 0 Å². The monoisotopic (exact) mass is 335 g/mol. The molecule has 2 aliphatic heterocycles. The van der Waals surface area contributed by atoms with E-state index in [1.807, 2.05) is 29.2 Å². The molecule has 0 saturated carbocycles. The number of hydrogen-bond acceptors (Lipinski definition) is 3. The Morgan fingerprint density at radius 2 is 1.32 bits per heavy atom. The van der Waals surface area contributed by atoms with Crippen LogP contribution in [-0.4, -0.2) is 50.1 Å². The summed E-state index contributed by atoms with van der Waals surface area (Å²) in [5.74, 6) is 0.176. The largest absolute Gasteiger partial charge is 0.371 e. The Balaban J connectivity index is 1.46. The fourth-order valence-corrected chi connectivity index (χ4v) is 3.87. The van der Waals surface area contributed by atoms with Crippen molar-refractivity contribution in [3.63, 3.8) is 0 Å². The Morgan fingerprint density at radius 1 is 0.680 bits per heavy atom. The van der Waals surface area contributed by atoms with Crippen molar-refractivity contribution in [2.24, 2.45) is 0 Å². The summed E-state index contributed by atoms with van der Waals surface area (Å²) < 4.78 is 0. The van der Waals surface area contributed by atoms with Crippen LogP contribution in [0.15, 0.2) is 54.6 Å². The van der Waals surface area contributed by atoms with Crippen LogP contribution in [-0.2, 0) is 0 Å². The Hall–Kier alpha value is -2.49. The third-order valence-electron chi connectivity index (χ3n) is 5.27. The van der Waals surface area contributed by atoms with E-state index in [2.05, 4.69) is 40.1 Å². The van der Waals surface area contributed by atoms with Crippen LogP contribution in [0.2, 0.25) is 0 Å². The number of rotatable bonds is 3. The molecular weight excluding hydrogens is 310 g/mol. The molecule has 130 valence electrons. The van der Waals surface area contributed by atoms with Crippen molar-refractivity contribution in [2.75, 3.05) is 49.1 Å². The predicted molar refractivity (Wildman–Crippen MR) is 102 cm³/mol. The zero-order chi connectivity index (χ0) is 17.1. The molecular formula is C21H25N3O. The normalized spacial score (nSPS) is 17.8. The average molecular weight is 335 g/mol. The minimum absolute atomic E-state index is 0.176. The minimum Gasteiger partial charge on any atom is -0.371 e. The number of benzene rings is 2. The lowest BCUT2D eigenvalue weighted by molar-refractivity contribution is 0.0747. The van der Waals surface area contributed by atoms with Crippen molar-refractivity contribution >= 4 is 17.3 Å². The van der Waals surface area contributed by atoms with Crippen LogP contribution in [0, 0.1) is 0 Å². The first kappa shape index (κ1) is 16.0. The number of carbonyl (C=O) groups is 1. The Labute approximate surface area is 149 Å². The summed E-state index contributed by atoms with van der Waals surface area (Å²) in [5, 5.41) is 0. The molecule has 0 aromatic heterocycles. The lowest BCUT2D eigenvalue weighted by Gasteiger charge is -2.36. The molecule has 2 saturated heterocycles. The molecule has 2 heterocycles. The van der Waals surface area contributed by atoms with Crippen LogP contribution in [0.1, 0.15) is 23.2 Å². The Kier molecular flexibility index (Phi) is 4.59. The zero-order valence-corrected chi connectivity index (χ0v) is 14.6. The maximum Gasteiger partial charge on any atom is 0.256 e. The van der Waals surface area contributed by atoms with Crippen LogP contribution >= 0.6 is 0 Å².